The van der Waals surface area contributed by atoms with Gasteiger partial charge in [0, 0.05) is 12.0 Å². The number of nitrogens with zero attached hydrogens (tertiary/aromatic N) is 1. The highest BCUT2D eigenvalue weighted by Gasteiger charge is 2.35. The third kappa shape index (κ3) is 2.71. The molecule has 0 aliphatic carbocycles. The zero-order valence-corrected chi connectivity index (χ0v) is 9.60. The first kappa shape index (κ1) is 11.5. The number of rotatable bonds is 3. The largest absolute Gasteiger partial charge is 0.356 e. The number of nitrogens with one attached hydrogen (secondary N) is 1. The van der Waals surface area contributed by atoms with Crippen molar-refractivity contribution in [1.82, 2.24) is 10.2 Å². The van der Waals surface area contributed by atoms with Gasteiger partial charge < -0.3 is 10.2 Å². The van der Waals surface area contributed by atoms with Gasteiger partial charge in [0.25, 0.3) is 0 Å². The molecule has 0 aromatic heterocycles. The minimum absolute atomic E-state index is 0.123. The highest BCUT2D eigenvalue weighted by Crippen LogP contribution is 2.30. The average molecular weight is 198 g/mol. The molecule has 0 radical (unpaired) electrons. The predicted molar refractivity (Wildman–Crippen MR) is 58.1 cm³/mol. The fraction of sp³-hybridized carbons (Fsp3) is 0.909. The normalized spacial score (nSPS) is 21.9. The Morgan fingerprint density at radius 3 is 2.50 bits per heavy atom. The Kier molecular flexibility index (Phi) is 3.93. The van der Waals surface area contributed by atoms with Crippen molar-refractivity contribution in [3.05, 3.63) is 0 Å². The van der Waals surface area contributed by atoms with Gasteiger partial charge in [-0.25, -0.2) is 0 Å². The average Bonchev–Trinajstić information content (AvgIpc) is 2.19. The number of carbonyl (C=O) groups is 1. The van der Waals surface area contributed by atoms with Crippen LogP contribution in [-0.2, 0) is 4.79 Å². The molecule has 3 nitrogen and oxygen atoms in total. The standard InChI is InChI=1S/C11H22N2O/c1-4-7-12-10(14)11(2)5-8-13(3)9-6-11/h4-9H2,1-3H3,(H,12,14). The van der Waals surface area contributed by atoms with Gasteiger partial charge in [-0.2, -0.15) is 0 Å². The molecule has 1 N–H and O–H groups in total. The molecule has 3 heteroatoms. The molecular formula is C11H22N2O. The zero-order chi connectivity index (χ0) is 10.6. The first-order chi connectivity index (χ1) is 6.58. The molecule has 1 rings (SSSR count). The van der Waals surface area contributed by atoms with E-state index in [1.807, 2.05) is 0 Å². The lowest BCUT2D eigenvalue weighted by molar-refractivity contribution is -0.132. The fourth-order valence-electron chi connectivity index (χ4n) is 1.79. The first-order valence-electron chi connectivity index (χ1n) is 5.55. The summed E-state index contributed by atoms with van der Waals surface area (Å²) in [5.41, 5.74) is -0.123. The SMILES string of the molecule is CCCNC(=O)C1(C)CCN(C)CC1. The lowest BCUT2D eigenvalue weighted by Gasteiger charge is -2.36. The lowest BCUT2D eigenvalue weighted by atomic mass is 9.79. The second-order valence-corrected chi connectivity index (χ2v) is 4.62. The summed E-state index contributed by atoms with van der Waals surface area (Å²) in [7, 11) is 2.11. The Bertz CT molecular complexity index is 195. The van der Waals surface area contributed by atoms with Gasteiger partial charge in [0.1, 0.15) is 0 Å². The van der Waals surface area contributed by atoms with Gasteiger partial charge in [0.15, 0.2) is 0 Å². The van der Waals surface area contributed by atoms with Crippen LogP contribution in [0, 0.1) is 5.41 Å². The van der Waals surface area contributed by atoms with Crippen molar-refractivity contribution in [3.8, 4) is 0 Å². The van der Waals surface area contributed by atoms with Crippen LogP contribution in [0.15, 0.2) is 0 Å². The summed E-state index contributed by atoms with van der Waals surface area (Å²) in [5.74, 6) is 0.243. The third-order valence-corrected chi connectivity index (χ3v) is 3.17. The van der Waals surface area contributed by atoms with E-state index in [1.165, 1.54) is 0 Å². The van der Waals surface area contributed by atoms with Gasteiger partial charge in [0.2, 0.25) is 5.91 Å². The summed E-state index contributed by atoms with van der Waals surface area (Å²) < 4.78 is 0. The summed E-state index contributed by atoms with van der Waals surface area (Å²) in [6.45, 7) is 7.05. The van der Waals surface area contributed by atoms with Crippen LogP contribution in [-0.4, -0.2) is 37.5 Å². The summed E-state index contributed by atoms with van der Waals surface area (Å²) in [6, 6.07) is 0. The van der Waals surface area contributed by atoms with Gasteiger partial charge in [-0.3, -0.25) is 4.79 Å². The van der Waals surface area contributed by atoms with E-state index >= 15 is 0 Å². The summed E-state index contributed by atoms with van der Waals surface area (Å²) in [6.07, 6.45) is 2.99. The molecule has 0 aromatic rings. The smallest absolute Gasteiger partial charge is 0.226 e. The van der Waals surface area contributed by atoms with E-state index in [0.29, 0.717) is 0 Å². The number of hydrogen-bond acceptors (Lipinski definition) is 2. The number of amides is 1. The van der Waals surface area contributed by atoms with E-state index < -0.39 is 0 Å². The Labute approximate surface area is 86.9 Å². The molecule has 0 unspecified atom stereocenters. The van der Waals surface area contributed by atoms with Crippen LogP contribution in [0.5, 0.6) is 0 Å². The molecular weight excluding hydrogens is 176 g/mol. The Morgan fingerprint density at radius 2 is 2.00 bits per heavy atom. The summed E-state index contributed by atoms with van der Waals surface area (Å²) in [4.78, 5) is 14.1. The van der Waals surface area contributed by atoms with Crippen molar-refractivity contribution in [3.63, 3.8) is 0 Å². The van der Waals surface area contributed by atoms with Gasteiger partial charge >= 0.3 is 0 Å². The third-order valence-electron chi connectivity index (χ3n) is 3.17. The first-order valence-corrected chi connectivity index (χ1v) is 5.55. The number of piperidine rings is 1. The molecule has 1 amide bonds. The maximum atomic E-state index is 11.9. The van der Waals surface area contributed by atoms with E-state index in [9.17, 15) is 4.79 Å². The Morgan fingerprint density at radius 1 is 1.43 bits per heavy atom. The van der Waals surface area contributed by atoms with Crippen LogP contribution in [0.1, 0.15) is 33.1 Å². The molecule has 1 fully saturated rings. The van der Waals surface area contributed by atoms with E-state index in [2.05, 4.69) is 31.1 Å². The number of carbonyl (C=O) groups excluding carboxylic acids is 1. The molecule has 0 spiro atoms. The maximum Gasteiger partial charge on any atom is 0.226 e. The molecule has 0 saturated carbocycles. The topological polar surface area (TPSA) is 32.3 Å². The fourth-order valence-corrected chi connectivity index (χ4v) is 1.79. The predicted octanol–water partition coefficient (Wildman–Crippen LogP) is 1.24. The van der Waals surface area contributed by atoms with Crippen LogP contribution >= 0.6 is 0 Å². The molecule has 0 aromatic carbocycles. The van der Waals surface area contributed by atoms with Crippen LogP contribution in [0.4, 0.5) is 0 Å². The van der Waals surface area contributed by atoms with E-state index in [-0.39, 0.29) is 11.3 Å². The van der Waals surface area contributed by atoms with Crippen LogP contribution < -0.4 is 5.32 Å². The van der Waals surface area contributed by atoms with Crippen molar-refractivity contribution in [2.75, 3.05) is 26.7 Å². The number of hydrogen-bond donors (Lipinski definition) is 1. The van der Waals surface area contributed by atoms with Crippen molar-refractivity contribution in [2.45, 2.75) is 33.1 Å². The van der Waals surface area contributed by atoms with Gasteiger partial charge in [0.05, 0.1) is 0 Å². The molecule has 0 bridgehead atoms. The van der Waals surface area contributed by atoms with Crippen LogP contribution in [0.3, 0.4) is 0 Å². The zero-order valence-electron chi connectivity index (χ0n) is 9.60. The van der Waals surface area contributed by atoms with Crippen molar-refractivity contribution < 1.29 is 4.79 Å². The second-order valence-electron chi connectivity index (χ2n) is 4.62. The monoisotopic (exact) mass is 198 g/mol. The minimum Gasteiger partial charge on any atom is -0.356 e. The maximum absolute atomic E-state index is 11.9. The highest BCUT2D eigenvalue weighted by atomic mass is 16.2. The molecule has 1 saturated heterocycles. The minimum atomic E-state index is -0.123. The van der Waals surface area contributed by atoms with E-state index in [1.54, 1.807) is 0 Å². The quantitative estimate of drug-likeness (QED) is 0.740. The molecule has 82 valence electrons. The van der Waals surface area contributed by atoms with Gasteiger partial charge in [-0.15, -0.1) is 0 Å². The second kappa shape index (κ2) is 4.78. The van der Waals surface area contributed by atoms with E-state index in [0.717, 1.165) is 38.9 Å². The van der Waals surface area contributed by atoms with Crippen molar-refractivity contribution in [1.29, 1.82) is 0 Å². The number of likely N-dealkylation sites (tertiary alicyclic amines) is 1. The molecule has 1 aliphatic heterocycles. The highest BCUT2D eigenvalue weighted by molar-refractivity contribution is 5.82. The van der Waals surface area contributed by atoms with Crippen molar-refractivity contribution in [2.24, 2.45) is 5.41 Å². The van der Waals surface area contributed by atoms with E-state index in [4.69, 9.17) is 0 Å². The molecule has 0 atom stereocenters. The summed E-state index contributed by atoms with van der Waals surface area (Å²) >= 11 is 0. The van der Waals surface area contributed by atoms with Gasteiger partial charge in [-0.1, -0.05) is 13.8 Å². The van der Waals surface area contributed by atoms with Gasteiger partial charge in [-0.05, 0) is 39.4 Å². The lowest BCUT2D eigenvalue weighted by Crippen LogP contribution is -2.46. The van der Waals surface area contributed by atoms with Crippen LogP contribution in [0.2, 0.25) is 0 Å². The van der Waals surface area contributed by atoms with Crippen LogP contribution in [0.25, 0.3) is 0 Å². The Hall–Kier alpha value is -0.570. The van der Waals surface area contributed by atoms with Crippen molar-refractivity contribution >= 4 is 5.91 Å². The Balaban J connectivity index is 2.44. The molecule has 14 heavy (non-hydrogen) atoms. The molecule has 1 heterocycles. The molecule has 1 aliphatic rings. The summed E-state index contributed by atoms with van der Waals surface area (Å²) in [5, 5.41) is 3.00.